The van der Waals surface area contributed by atoms with Crippen molar-refractivity contribution < 1.29 is 34.6 Å². The smallest absolute Gasteiger partial charge is 0.119 e. The molecule has 0 bridgehead atoms. The predicted molar refractivity (Wildman–Crippen MR) is 59.5 cm³/mol. The van der Waals surface area contributed by atoms with Gasteiger partial charge >= 0.3 is 0 Å². The van der Waals surface area contributed by atoms with Crippen LogP contribution in [0.25, 0.3) is 0 Å². The van der Waals surface area contributed by atoms with Gasteiger partial charge in [0.1, 0.15) is 19.1 Å². The standard InChI is InChI=1S/C13H15NO6/c15-11(16)6-10(9-4-2-1-3-5-9)14(7-12(17)18)8-13(19)20/h1-5,10H,6-8H2,(H,15,16)(H,17,18)(H,19,20)/p-2/t10-/m1/s1. The zero-order valence-electron chi connectivity index (χ0n) is 10.5. The molecule has 1 atom stereocenters. The van der Waals surface area contributed by atoms with Crippen molar-refractivity contribution in [3.8, 4) is 0 Å². The summed E-state index contributed by atoms with van der Waals surface area (Å²) in [4.78, 5) is 32.2. The summed E-state index contributed by atoms with van der Waals surface area (Å²) in [5.74, 6) is -4.34. The van der Waals surface area contributed by atoms with Crippen molar-refractivity contribution in [2.24, 2.45) is 0 Å². The minimum Gasteiger partial charge on any atom is -0.550 e. The van der Waals surface area contributed by atoms with Crippen LogP contribution in [0.2, 0.25) is 0 Å². The van der Waals surface area contributed by atoms with Crippen LogP contribution in [0.3, 0.4) is 0 Å². The van der Waals surface area contributed by atoms with E-state index < -0.39 is 43.5 Å². The molecule has 0 fully saturated rings. The molecule has 0 radical (unpaired) electrons. The van der Waals surface area contributed by atoms with Gasteiger partial charge in [0.05, 0.1) is 11.9 Å². The molecule has 0 amide bonds. The van der Waals surface area contributed by atoms with Gasteiger partial charge in [-0.2, -0.15) is 0 Å². The quantitative estimate of drug-likeness (QED) is 0.509. The molecule has 0 aliphatic rings. The van der Waals surface area contributed by atoms with Crippen LogP contribution in [0, 0.1) is 0 Å². The van der Waals surface area contributed by atoms with Crippen molar-refractivity contribution in [3.63, 3.8) is 0 Å². The number of quaternary nitrogens is 1. The van der Waals surface area contributed by atoms with Crippen LogP contribution in [0.1, 0.15) is 18.0 Å². The van der Waals surface area contributed by atoms with Gasteiger partial charge in [-0.15, -0.1) is 0 Å². The van der Waals surface area contributed by atoms with Crippen molar-refractivity contribution in [2.75, 3.05) is 13.1 Å². The summed E-state index contributed by atoms with van der Waals surface area (Å²) in [6, 6.07) is 7.32. The van der Waals surface area contributed by atoms with Gasteiger partial charge in [-0.3, -0.25) is 0 Å². The Balaban J connectivity index is 3.06. The summed E-state index contributed by atoms with van der Waals surface area (Å²) in [6.45, 7) is -1.28. The van der Waals surface area contributed by atoms with Crippen molar-refractivity contribution in [1.29, 1.82) is 0 Å². The summed E-state index contributed by atoms with van der Waals surface area (Å²) in [7, 11) is 0. The number of nitrogens with one attached hydrogen (secondary N) is 1. The molecule has 1 aromatic rings. The molecule has 0 heterocycles. The second-order valence-electron chi connectivity index (χ2n) is 4.30. The van der Waals surface area contributed by atoms with Crippen LogP contribution >= 0.6 is 0 Å². The van der Waals surface area contributed by atoms with Crippen molar-refractivity contribution in [3.05, 3.63) is 35.9 Å². The molecule has 1 rings (SSSR count). The highest BCUT2D eigenvalue weighted by atomic mass is 16.4. The first-order chi connectivity index (χ1) is 9.40. The molecule has 0 saturated carbocycles. The molecule has 20 heavy (non-hydrogen) atoms. The predicted octanol–water partition coefficient (Wildman–Crippen LogP) is -4.75. The third-order valence-corrected chi connectivity index (χ3v) is 2.81. The van der Waals surface area contributed by atoms with Gasteiger partial charge < -0.3 is 34.6 Å². The third-order valence-electron chi connectivity index (χ3n) is 2.81. The number of carbonyl (C=O) groups excluding carboxylic acids is 3. The highest BCUT2D eigenvalue weighted by molar-refractivity contribution is 5.68. The lowest BCUT2D eigenvalue weighted by atomic mass is 10.0. The Morgan fingerprint density at radius 1 is 0.900 bits per heavy atom. The Morgan fingerprint density at radius 2 is 1.40 bits per heavy atom. The van der Waals surface area contributed by atoms with E-state index in [4.69, 9.17) is 0 Å². The van der Waals surface area contributed by atoms with E-state index in [2.05, 4.69) is 0 Å². The number of carboxylic acid groups (broad SMARTS) is 3. The lowest BCUT2D eigenvalue weighted by Crippen LogP contribution is -3.15. The van der Waals surface area contributed by atoms with Gasteiger partial charge in [-0.25, -0.2) is 0 Å². The number of carbonyl (C=O) groups is 3. The van der Waals surface area contributed by atoms with E-state index in [9.17, 15) is 29.7 Å². The maximum atomic E-state index is 10.8. The largest absolute Gasteiger partial charge is 0.550 e. The fraction of sp³-hybridized carbons (Fsp3) is 0.308. The minimum atomic E-state index is -1.47. The Bertz CT molecular complexity index is 471. The zero-order chi connectivity index (χ0) is 15.1. The molecule has 0 unspecified atom stereocenters. The molecule has 0 saturated heterocycles. The zero-order valence-corrected chi connectivity index (χ0v) is 10.5. The molecule has 0 aliphatic carbocycles. The van der Waals surface area contributed by atoms with Gasteiger partial charge in [0.2, 0.25) is 0 Å². The first-order valence-corrected chi connectivity index (χ1v) is 5.89. The average molecular weight is 279 g/mol. The molecular weight excluding hydrogens is 266 g/mol. The monoisotopic (exact) mass is 279 g/mol. The molecule has 0 aromatic heterocycles. The van der Waals surface area contributed by atoms with Crippen LogP contribution in [0.15, 0.2) is 30.3 Å². The first kappa shape index (κ1) is 15.6. The molecule has 108 valence electrons. The van der Waals surface area contributed by atoms with Crippen LogP contribution in [-0.2, 0) is 14.4 Å². The summed E-state index contributed by atoms with van der Waals surface area (Å²) in [6.07, 6.45) is -0.500. The van der Waals surface area contributed by atoms with Crippen LogP contribution in [0.5, 0.6) is 0 Å². The van der Waals surface area contributed by atoms with Crippen LogP contribution in [0.4, 0.5) is 0 Å². The molecule has 7 nitrogen and oxygen atoms in total. The molecule has 1 N–H and O–H groups in total. The second kappa shape index (κ2) is 7.25. The van der Waals surface area contributed by atoms with Gasteiger partial charge in [0.15, 0.2) is 0 Å². The van der Waals surface area contributed by atoms with E-state index >= 15 is 0 Å². The number of aliphatic carboxylic acids is 3. The number of hydrogen-bond donors (Lipinski definition) is 1. The molecule has 0 spiro atoms. The second-order valence-corrected chi connectivity index (χ2v) is 4.30. The Kier molecular flexibility index (Phi) is 5.67. The van der Waals surface area contributed by atoms with Crippen molar-refractivity contribution in [2.45, 2.75) is 12.5 Å². The SMILES string of the molecule is O=C([O-])C[C@H](c1ccccc1)[NH+](CC(=O)[O-])CC(=O)[O-]. The maximum Gasteiger partial charge on any atom is 0.119 e. The average Bonchev–Trinajstić information content (AvgIpc) is 2.35. The molecule has 7 heteroatoms. The summed E-state index contributed by atoms with van der Waals surface area (Å²) < 4.78 is 0. The topological polar surface area (TPSA) is 125 Å². The van der Waals surface area contributed by atoms with E-state index in [-0.39, 0.29) is 4.90 Å². The van der Waals surface area contributed by atoms with Gasteiger partial charge in [-0.1, -0.05) is 30.3 Å². The van der Waals surface area contributed by atoms with E-state index in [1.54, 1.807) is 30.3 Å². The Labute approximate surface area is 115 Å². The van der Waals surface area contributed by atoms with E-state index in [0.717, 1.165) is 0 Å². The fourth-order valence-electron chi connectivity index (χ4n) is 2.03. The van der Waals surface area contributed by atoms with E-state index in [0.29, 0.717) is 5.56 Å². The fourth-order valence-corrected chi connectivity index (χ4v) is 2.03. The highest BCUT2D eigenvalue weighted by Crippen LogP contribution is 2.12. The van der Waals surface area contributed by atoms with Crippen molar-refractivity contribution in [1.82, 2.24) is 0 Å². The highest BCUT2D eigenvalue weighted by Gasteiger charge is 2.24. The summed E-state index contributed by atoms with van der Waals surface area (Å²) >= 11 is 0. The number of benzene rings is 1. The van der Waals surface area contributed by atoms with Crippen molar-refractivity contribution >= 4 is 17.9 Å². The van der Waals surface area contributed by atoms with Crippen LogP contribution in [-0.4, -0.2) is 31.0 Å². The lowest BCUT2D eigenvalue weighted by molar-refractivity contribution is -0.920. The third kappa shape index (κ3) is 5.07. The van der Waals surface area contributed by atoms with E-state index in [1.165, 1.54) is 0 Å². The summed E-state index contributed by atoms with van der Waals surface area (Å²) in [5.41, 5.74) is 0.509. The van der Waals surface area contributed by atoms with Crippen LogP contribution < -0.4 is 20.2 Å². The first-order valence-electron chi connectivity index (χ1n) is 5.89. The minimum absolute atomic E-state index is 0.0143. The Morgan fingerprint density at radius 3 is 1.80 bits per heavy atom. The van der Waals surface area contributed by atoms with Gasteiger partial charge in [0.25, 0.3) is 0 Å². The molecular formula is C13H13NO6-2. The number of rotatable bonds is 8. The van der Waals surface area contributed by atoms with Gasteiger partial charge in [-0.05, 0) is 0 Å². The maximum absolute atomic E-state index is 10.8. The molecule has 1 aromatic carbocycles. The van der Waals surface area contributed by atoms with E-state index in [1.807, 2.05) is 0 Å². The number of carboxylic acids is 3. The lowest BCUT2D eigenvalue weighted by Gasteiger charge is -2.30. The van der Waals surface area contributed by atoms with Gasteiger partial charge in [0, 0.05) is 18.0 Å². The molecule has 0 aliphatic heterocycles. The normalized spacial score (nSPS) is 12.1. The summed E-state index contributed by atoms with van der Waals surface area (Å²) in [5, 5.41) is 32.2. The Hall–Kier alpha value is -2.41. The number of hydrogen-bond acceptors (Lipinski definition) is 6.